The fraction of sp³-hybridized carbons (Fsp3) is 1.00. The van der Waals surface area contributed by atoms with Crippen molar-refractivity contribution < 1.29 is 9.47 Å². The molecule has 0 heterocycles. The maximum atomic E-state index is 5.82. The molecule has 3 atom stereocenters. The molecule has 15 heavy (non-hydrogen) atoms. The third-order valence-corrected chi connectivity index (χ3v) is 3.24. The summed E-state index contributed by atoms with van der Waals surface area (Å²) in [5, 5.41) is 0. The normalized spacial score (nSPS) is 29.0. The highest BCUT2D eigenvalue weighted by Gasteiger charge is 2.21. The van der Waals surface area contributed by atoms with E-state index >= 15 is 0 Å². The molecule has 0 amide bonds. The van der Waals surface area contributed by atoms with Gasteiger partial charge in [0.1, 0.15) is 0 Å². The van der Waals surface area contributed by atoms with Gasteiger partial charge in [-0.05, 0) is 18.8 Å². The lowest BCUT2D eigenvalue weighted by molar-refractivity contribution is -0.00328. The summed E-state index contributed by atoms with van der Waals surface area (Å²) in [5.74, 6) is 0.863. The van der Waals surface area contributed by atoms with Gasteiger partial charge < -0.3 is 15.2 Å². The average Bonchev–Trinajstić information content (AvgIpc) is 2.27. The van der Waals surface area contributed by atoms with Crippen LogP contribution in [0.25, 0.3) is 0 Å². The molecule has 3 unspecified atom stereocenters. The average molecular weight is 215 g/mol. The van der Waals surface area contributed by atoms with E-state index in [1.807, 2.05) is 0 Å². The smallest absolute Gasteiger partial charge is 0.0643 e. The van der Waals surface area contributed by atoms with Crippen LogP contribution in [-0.4, -0.2) is 32.5 Å². The molecule has 0 aromatic heterocycles. The van der Waals surface area contributed by atoms with E-state index in [1.54, 1.807) is 7.11 Å². The summed E-state index contributed by atoms with van der Waals surface area (Å²) in [4.78, 5) is 0. The fourth-order valence-electron chi connectivity index (χ4n) is 2.29. The largest absolute Gasteiger partial charge is 0.383 e. The molecule has 3 heteroatoms. The van der Waals surface area contributed by atoms with Gasteiger partial charge in [0.25, 0.3) is 0 Å². The first-order valence-electron chi connectivity index (χ1n) is 6.12. The van der Waals surface area contributed by atoms with E-state index in [0.29, 0.717) is 19.3 Å². The first-order valence-corrected chi connectivity index (χ1v) is 6.12. The Kier molecular flexibility index (Phi) is 6.22. The van der Waals surface area contributed by atoms with Crippen molar-refractivity contribution in [3.8, 4) is 0 Å². The molecule has 0 aliphatic heterocycles. The predicted molar refractivity (Wildman–Crippen MR) is 61.8 cm³/mol. The summed E-state index contributed by atoms with van der Waals surface area (Å²) in [6.45, 7) is 3.49. The number of hydrogen-bond acceptors (Lipinski definition) is 3. The summed E-state index contributed by atoms with van der Waals surface area (Å²) in [5.41, 5.74) is 5.82. The predicted octanol–water partition coefficient (Wildman–Crippen LogP) is 1.95. The number of hydrogen-bond donors (Lipinski definition) is 1. The molecule has 0 aromatic rings. The zero-order chi connectivity index (χ0) is 11.1. The number of methoxy groups -OCH3 is 1. The monoisotopic (exact) mass is 215 g/mol. The Morgan fingerprint density at radius 1 is 1.33 bits per heavy atom. The lowest BCUT2D eigenvalue weighted by atomic mass is 9.85. The lowest BCUT2D eigenvalue weighted by Crippen LogP contribution is -2.34. The number of ether oxygens (including phenoxy) is 2. The molecule has 0 radical (unpaired) electrons. The molecule has 1 rings (SSSR count). The summed E-state index contributed by atoms with van der Waals surface area (Å²) >= 11 is 0. The zero-order valence-electron chi connectivity index (χ0n) is 10.1. The Labute approximate surface area is 93.3 Å². The molecule has 1 fully saturated rings. The van der Waals surface area contributed by atoms with Crippen LogP contribution >= 0.6 is 0 Å². The third kappa shape index (κ3) is 4.96. The van der Waals surface area contributed by atoms with Crippen molar-refractivity contribution in [2.24, 2.45) is 11.7 Å². The van der Waals surface area contributed by atoms with E-state index in [9.17, 15) is 0 Å². The molecule has 2 N–H and O–H groups in total. The molecule has 3 nitrogen and oxygen atoms in total. The topological polar surface area (TPSA) is 44.5 Å². The molecular weight excluding hydrogens is 190 g/mol. The van der Waals surface area contributed by atoms with Gasteiger partial charge in [-0.25, -0.2) is 0 Å². The number of rotatable bonds is 6. The van der Waals surface area contributed by atoms with Crippen LogP contribution in [0.5, 0.6) is 0 Å². The van der Waals surface area contributed by atoms with Crippen LogP contribution in [0.15, 0.2) is 0 Å². The van der Waals surface area contributed by atoms with Crippen molar-refractivity contribution in [2.75, 3.05) is 20.3 Å². The molecule has 0 spiro atoms. The quantitative estimate of drug-likeness (QED) is 0.736. The summed E-state index contributed by atoms with van der Waals surface area (Å²) < 4.78 is 10.8. The van der Waals surface area contributed by atoms with Crippen molar-refractivity contribution in [1.29, 1.82) is 0 Å². The van der Waals surface area contributed by atoms with E-state index in [1.165, 1.54) is 32.1 Å². The molecule has 1 aliphatic rings. The zero-order valence-corrected chi connectivity index (χ0v) is 10.1. The van der Waals surface area contributed by atoms with Gasteiger partial charge in [0.15, 0.2) is 0 Å². The van der Waals surface area contributed by atoms with E-state index < -0.39 is 0 Å². The van der Waals surface area contributed by atoms with E-state index in [2.05, 4.69) is 6.92 Å². The fourth-order valence-corrected chi connectivity index (χ4v) is 2.29. The molecule has 0 bridgehead atoms. The van der Waals surface area contributed by atoms with Gasteiger partial charge in [-0.15, -0.1) is 0 Å². The van der Waals surface area contributed by atoms with Crippen LogP contribution in [0.2, 0.25) is 0 Å². The van der Waals surface area contributed by atoms with Crippen LogP contribution in [-0.2, 0) is 9.47 Å². The third-order valence-electron chi connectivity index (χ3n) is 3.24. The summed E-state index contributed by atoms with van der Waals surface area (Å²) in [6, 6.07) is 0.0250. The summed E-state index contributed by atoms with van der Waals surface area (Å²) in [7, 11) is 1.67. The highest BCUT2D eigenvalue weighted by atomic mass is 16.5. The van der Waals surface area contributed by atoms with Crippen LogP contribution in [0.1, 0.15) is 39.0 Å². The highest BCUT2D eigenvalue weighted by Crippen LogP contribution is 2.28. The lowest BCUT2D eigenvalue weighted by Gasteiger charge is -2.29. The molecule has 1 aliphatic carbocycles. The minimum atomic E-state index is 0.0250. The van der Waals surface area contributed by atoms with Gasteiger partial charge in [-0.3, -0.25) is 0 Å². The summed E-state index contributed by atoms with van der Waals surface area (Å²) in [6.07, 6.45) is 6.83. The van der Waals surface area contributed by atoms with Gasteiger partial charge >= 0.3 is 0 Å². The second-order valence-corrected chi connectivity index (χ2v) is 4.61. The molecule has 0 aromatic carbocycles. The Morgan fingerprint density at radius 2 is 2.13 bits per heavy atom. The second-order valence-electron chi connectivity index (χ2n) is 4.61. The van der Waals surface area contributed by atoms with Crippen LogP contribution in [0.3, 0.4) is 0 Å². The van der Waals surface area contributed by atoms with Crippen LogP contribution < -0.4 is 5.73 Å². The van der Waals surface area contributed by atoms with E-state index in [-0.39, 0.29) is 6.04 Å². The van der Waals surface area contributed by atoms with Gasteiger partial charge in [0.05, 0.1) is 25.4 Å². The first kappa shape index (κ1) is 12.9. The minimum absolute atomic E-state index is 0.0250. The van der Waals surface area contributed by atoms with Gasteiger partial charge in [0.2, 0.25) is 0 Å². The van der Waals surface area contributed by atoms with Crippen molar-refractivity contribution in [1.82, 2.24) is 0 Å². The highest BCUT2D eigenvalue weighted by molar-refractivity contribution is 4.73. The van der Waals surface area contributed by atoms with Crippen molar-refractivity contribution in [3.05, 3.63) is 0 Å². The second kappa shape index (κ2) is 7.20. The molecule has 1 saturated carbocycles. The Hall–Kier alpha value is -0.120. The van der Waals surface area contributed by atoms with Crippen molar-refractivity contribution in [2.45, 2.75) is 51.2 Å². The SMILES string of the molecule is CCC1CCCC(OCC(N)COC)C1. The maximum absolute atomic E-state index is 5.82. The van der Waals surface area contributed by atoms with E-state index in [4.69, 9.17) is 15.2 Å². The van der Waals surface area contributed by atoms with Gasteiger partial charge in [0, 0.05) is 7.11 Å². The van der Waals surface area contributed by atoms with Crippen molar-refractivity contribution >= 4 is 0 Å². The first-order chi connectivity index (χ1) is 7.26. The minimum Gasteiger partial charge on any atom is -0.383 e. The van der Waals surface area contributed by atoms with Crippen LogP contribution in [0.4, 0.5) is 0 Å². The van der Waals surface area contributed by atoms with Gasteiger partial charge in [-0.2, -0.15) is 0 Å². The Bertz CT molecular complexity index is 164. The van der Waals surface area contributed by atoms with Gasteiger partial charge in [-0.1, -0.05) is 26.2 Å². The van der Waals surface area contributed by atoms with E-state index in [0.717, 1.165) is 5.92 Å². The molecule has 90 valence electrons. The molecular formula is C12H25NO2. The Morgan fingerprint density at radius 3 is 2.80 bits per heavy atom. The number of nitrogens with two attached hydrogens (primary N) is 1. The van der Waals surface area contributed by atoms with Crippen LogP contribution in [0, 0.1) is 5.92 Å². The van der Waals surface area contributed by atoms with Crippen molar-refractivity contribution in [3.63, 3.8) is 0 Å². The standard InChI is InChI=1S/C12H25NO2/c1-3-10-5-4-6-12(7-10)15-9-11(13)8-14-2/h10-12H,3-9,13H2,1-2H3. The maximum Gasteiger partial charge on any atom is 0.0643 e. The molecule has 0 saturated heterocycles. The Balaban J connectivity index is 2.14.